The molecule has 0 spiro atoms. The van der Waals surface area contributed by atoms with Crippen LogP contribution in [0.3, 0.4) is 0 Å². The minimum atomic E-state index is 0.560. The molecule has 0 aliphatic carbocycles. The molecule has 4 aromatic carbocycles. The lowest BCUT2D eigenvalue weighted by Gasteiger charge is -2.12. The van der Waals surface area contributed by atoms with Gasteiger partial charge < -0.3 is 4.74 Å². The molecule has 0 unspecified atom stereocenters. The van der Waals surface area contributed by atoms with Gasteiger partial charge in [0.1, 0.15) is 12.4 Å². The van der Waals surface area contributed by atoms with Gasteiger partial charge in [-0.05, 0) is 54.8 Å². The summed E-state index contributed by atoms with van der Waals surface area (Å²) in [5.41, 5.74) is 10.1. The highest BCUT2D eigenvalue weighted by Crippen LogP contribution is 2.31. The van der Waals surface area contributed by atoms with Gasteiger partial charge in [0, 0.05) is 11.1 Å². The van der Waals surface area contributed by atoms with Crippen molar-refractivity contribution in [2.75, 3.05) is 0 Å². The van der Waals surface area contributed by atoms with Gasteiger partial charge in [-0.15, -0.1) is 0 Å². The first-order chi connectivity index (χ1) is 16.6. The average Bonchev–Trinajstić information content (AvgIpc) is 2.89. The molecule has 0 saturated heterocycles. The predicted molar refractivity (Wildman–Crippen MR) is 141 cm³/mol. The van der Waals surface area contributed by atoms with E-state index in [1.807, 2.05) is 30.3 Å². The Bertz CT molecular complexity index is 1310. The molecule has 5 aromatic rings. The van der Waals surface area contributed by atoms with Gasteiger partial charge in [-0.3, -0.25) is 0 Å². The quantitative estimate of drug-likeness (QED) is 0.264. The smallest absolute Gasteiger partial charge is 0.119 e. The minimum absolute atomic E-state index is 0.560. The third-order valence-electron chi connectivity index (χ3n) is 5.96. The lowest BCUT2D eigenvalue weighted by Crippen LogP contribution is -1.95. The van der Waals surface area contributed by atoms with Crippen LogP contribution in [0.15, 0.2) is 115 Å². The number of aromatic nitrogens is 1. The van der Waals surface area contributed by atoms with Crippen LogP contribution in [0.1, 0.15) is 16.7 Å². The maximum absolute atomic E-state index is 5.98. The molecule has 0 amide bonds. The van der Waals surface area contributed by atoms with E-state index in [0.717, 1.165) is 45.0 Å². The maximum Gasteiger partial charge on any atom is 0.119 e. The molecule has 0 aliphatic heterocycles. The Morgan fingerprint density at radius 2 is 1.03 bits per heavy atom. The lowest BCUT2D eigenvalue weighted by atomic mass is 9.99. The average molecular weight is 442 g/mol. The van der Waals surface area contributed by atoms with Crippen LogP contribution in [0.25, 0.3) is 33.6 Å². The summed E-state index contributed by atoms with van der Waals surface area (Å²) < 4.78 is 5.98. The van der Waals surface area contributed by atoms with Crippen molar-refractivity contribution in [3.63, 3.8) is 0 Å². The second kappa shape index (κ2) is 9.76. The Balaban J connectivity index is 1.48. The molecule has 0 saturated carbocycles. The van der Waals surface area contributed by atoms with Gasteiger partial charge in [0.15, 0.2) is 0 Å². The molecule has 34 heavy (non-hydrogen) atoms. The zero-order valence-electron chi connectivity index (χ0n) is 19.5. The van der Waals surface area contributed by atoms with Gasteiger partial charge in [-0.2, -0.15) is 0 Å². The van der Waals surface area contributed by atoms with E-state index in [9.17, 15) is 0 Å². The van der Waals surface area contributed by atoms with Gasteiger partial charge in [0.25, 0.3) is 0 Å². The number of hydrogen-bond acceptors (Lipinski definition) is 2. The van der Waals surface area contributed by atoms with Crippen LogP contribution in [0, 0.1) is 13.8 Å². The molecular weight excluding hydrogens is 414 g/mol. The Labute approximate surface area is 201 Å². The van der Waals surface area contributed by atoms with Crippen molar-refractivity contribution in [1.29, 1.82) is 0 Å². The van der Waals surface area contributed by atoms with Crippen molar-refractivity contribution in [1.82, 2.24) is 4.98 Å². The van der Waals surface area contributed by atoms with E-state index in [1.54, 1.807) is 0 Å². The van der Waals surface area contributed by atoms with Gasteiger partial charge >= 0.3 is 0 Å². The highest BCUT2D eigenvalue weighted by atomic mass is 16.5. The number of hydrogen-bond donors (Lipinski definition) is 0. The Morgan fingerprint density at radius 1 is 0.529 bits per heavy atom. The first-order valence-electron chi connectivity index (χ1n) is 11.6. The summed E-state index contributed by atoms with van der Waals surface area (Å²) in [6, 6.07) is 40.0. The molecule has 0 bridgehead atoms. The van der Waals surface area contributed by atoms with E-state index in [-0.39, 0.29) is 0 Å². The molecule has 2 heteroatoms. The summed E-state index contributed by atoms with van der Waals surface area (Å²) in [6.07, 6.45) is 0. The summed E-state index contributed by atoms with van der Waals surface area (Å²) in [6.45, 7) is 4.77. The normalized spacial score (nSPS) is 10.8. The topological polar surface area (TPSA) is 22.1 Å². The summed E-state index contributed by atoms with van der Waals surface area (Å²) >= 11 is 0. The summed E-state index contributed by atoms with van der Waals surface area (Å²) in [7, 11) is 0. The predicted octanol–water partition coefficient (Wildman–Crippen LogP) is 8.28. The SMILES string of the molecule is Cc1ccc(-c2cc(-c3ccc(OCc4ccccc4)cc3)cc(-c3ccc(C)cc3)n2)cc1. The largest absolute Gasteiger partial charge is 0.489 e. The van der Waals surface area contributed by atoms with E-state index in [2.05, 4.69) is 98.8 Å². The molecule has 1 aromatic heterocycles. The zero-order valence-corrected chi connectivity index (χ0v) is 19.5. The van der Waals surface area contributed by atoms with Gasteiger partial charge in [-0.1, -0.05) is 102 Å². The van der Waals surface area contributed by atoms with E-state index >= 15 is 0 Å². The van der Waals surface area contributed by atoms with E-state index in [1.165, 1.54) is 11.1 Å². The molecule has 2 nitrogen and oxygen atoms in total. The van der Waals surface area contributed by atoms with Gasteiger partial charge in [0.05, 0.1) is 11.4 Å². The molecule has 0 fully saturated rings. The van der Waals surface area contributed by atoms with Gasteiger partial charge in [0.2, 0.25) is 0 Å². The Kier molecular flexibility index (Phi) is 6.22. The highest BCUT2D eigenvalue weighted by molar-refractivity contribution is 5.76. The number of nitrogens with zero attached hydrogens (tertiary/aromatic N) is 1. The number of benzene rings is 4. The van der Waals surface area contributed by atoms with Gasteiger partial charge in [-0.25, -0.2) is 4.98 Å². The molecule has 166 valence electrons. The summed E-state index contributed by atoms with van der Waals surface area (Å²) in [5.74, 6) is 0.860. The summed E-state index contributed by atoms with van der Waals surface area (Å²) in [5, 5.41) is 0. The fourth-order valence-electron chi connectivity index (χ4n) is 3.93. The van der Waals surface area contributed by atoms with Crippen LogP contribution < -0.4 is 4.74 Å². The van der Waals surface area contributed by atoms with Crippen LogP contribution in [-0.4, -0.2) is 4.98 Å². The molecule has 0 aliphatic rings. The molecule has 0 N–H and O–H groups in total. The third kappa shape index (κ3) is 5.07. The highest BCUT2D eigenvalue weighted by Gasteiger charge is 2.09. The van der Waals surface area contributed by atoms with Crippen LogP contribution in [0.5, 0.6) is 5.75 Å². The standard InChI is InChI=1S/C32H27NO/c1-23-8-12-27(13-9-23)31-20-29(21-32(33-31)28-14-10-24(2)11-15-28)26-16-18-30(19-17-26)34-22-25-6-4-3-5-7-25/h3-21H,22H2,1-2H3. The van der Waals surface area contributed by atoms with Crippen molar-refractivity contribution >= 4 is 0 Å². The van der Waals surface area contributed by atoms with E-state index < -0.39 is 0 Å². The Morgan fingerprint density at radius 3 is 1.56 bits per heavy atom. The lowest BCUT2D eigenvalue weighted by molar-refractivity contribution is 0.306. The molecule has 1 heterocycles. The zero-order chi connectivity index (χ0) is 23.3. The third-order valence-corrected chi connectivity index (χ3v) is 5.96. The van der Waals surface area contributed by atoms with Crippen molar-refractivity contribution in [3.8, 4) is 39.4 Å². The molecular formula is C32H27NO. The number of pyridine rings is 1. The summed E-state index contributed by atoms with van der Waals surface area (Å²) in [4.78, 5) is 5.01. The van der Waals surface area contributed by atoms with Crippen molar-refractivity contribution in [3.05, 3.63) is 132 Å². The minimum Gasteiger partial charge on any atom is -0.489 e. The van der Waals surface area contributed by atoms with Crippen LogP contribution in [-0.2, 0) is 6.61 Å². The van der Waals surface area contributed by atoms with E-state index in [0.29, 0.717) is 6.61 Å². The van der Waals surface area contributed by atoms with Crippen molar-refractivity contribution in [2.45, 2.75) is 20.5 Å². The molecule has 5 rings (SSSR count). The first kappa shape index (κ1) is 21.7. The van der Waals surface area contributed by atoms with Crippen LogP contribution in [0.4, 0.5) is 0 Å². The van der Waals surface area contributed by atoms with Crippen molar-refractivity contribution in [2.24, 2.45) is 0 Å². The first-order valence-corrected chi connectivity index (χ1v) is 11.6. The fraction of sp³-hybridized carbons (Fsp3) is 0.0938. The number of aryl methyl sites for hydroxylation is 2. The second-order valence-electron chi connectivity index (χ2n) is 8.66. The Hall–Kier alpha value is -4.17. The second-order valence-corrected chi connectivity index (χ2v) is 8.66. The fourth-order valence-corrected chi connectivity index (χ4v) is 3.93. The monoisotopic (exact) mass is 441 g/mol. The molecule has 0 radical (unpaired) electrons. The van der Waals surface area contributed by atoms with Crippen molar-refractivity contribution < 1.29 is 4.74 Å². The van der Waals surface area contributed by atoms with Crippen LogP contribution in [0.2, 0.25) is 0 Å². The van der Waals surface area contributed by atoms with E-state index in [4.69, 9.17) is 9.72 Å². The number of ether oxygens (including phenoxy) is 1. The van der Waals surface area contributed by atoms with Crippen LogP contribution >= 0.6 is 0 Å². The maximum atomic E-state index is 5.98. The molecule has 0 atom stereocenters. The number of rotatable bonds is 6.